The van der Waals surface area contributed by atoms with Gasteiger partial charge in [-0.25, -0.2) is 21.9 Å². The average molecular weight is 349 g/mol. The van der Waals surface area contributed by atoms with E-state index in [1.807, 2.05) is 0 Å². The molecule has 1 heterocycles. The first-order valence-electron chi connectivity index (χ1n) is 7.04. The maximum Gasteiger partial charge on any atom is 0.241 e. The molecule has 0 saturated heterocycles. The molecule has 0 aliphatic heterocycles. The van der Waals surface area contributed by atoms with Gasteiger partial charge in [0.1, 0.15) is 23.2 Å². The second-order valence-electron chi connectivity index (χ2n) is 5.05. The standard InChI is InChI=1S/C17H13F2NO3S/c18-13-6-4-12(5-7-13)17-9-8-15(23-17)11-20-24(21,22)16-3-1-2-14(19)10-16/h1-10,20H,11H2. The average Bonchev–Trinajstić information content (AvgIpc) is 3.03. The van der Waals surface area contributed by atoms with Crippen LogP contribution in [0.25, 0.3) is 11.3 Å². The predicted molar refractivity (Wildman–Crippen MR) is 84.5 cm³/mol. The molecule has 0 bridgehead atoms. The van der Waals surface area contributed by atoms with E-state index in [0.29, 0.717) is 17.1 Å². The molecular formula is C17H13F2NO3S. The highest BCUT2D eigenvalue weighted by atomic mass is 32.2. The fourth-order valence-corrected chi connectivity index (χ4v) is 3.15. The molecule has 24 heavy (non-hydrogen) atoms. The topological polar surface area (TPSA) is 59.3 Å². The number of hydrogen-bond donors (Lipinski definition) is 1. The van der Waals surface area contributed by atoms with Crippen molar-refractivity contribution in [3.63, 3.8) is 0 Å². The van der Waals surface area contributed by atoms with Crippen molar-refractivity contribution in [1.29, 1.82) is 0 Å². The zero-order chi connectivity index (χ0) is 17.2. The Kier molecular flexibility index (Phi) is 4.46. The van der Waals surface area contributed by atoms with Crippen LogP contribution in [0.1, 0.15) is 5.76 Å². The lowest BCUT2D eigenvalue weighted by atomic mass is 10.2. The summed E-state index contributed by atoms with van der Waals surface area (Å²) in [6.07, 6.45) is 0. The van der Waals surface area contributed by atoms with Crippen molar-refractivity contribution in [3.8, 4) is 11.3 Å². The quantitative estimate of drug-likeness (QED) is 0.764. The summed E-state index contributed by atoms with van der Waals surface area (Å²) in [5.41, 5.74) is 0.677. The Hall–Kier alpha value is -2.51. The molecule has 124 valence electrons. The zero-order valence-electron chi connectivity index (χ0n) is 12.4. The number of furan rings is 1. The summed E-state index contributed by atoms with van der Waals surface area (Å²) in [6.45, 7) is -0.0833. The highest BCUT2D eigenvalue weighted by Gasteiger charge is 2.15. The van der Waals surface area contributed by atoms with Crippen LogP contribution in [0.15, 0.2) is 70.0 Å². The van der Waals surface area contributed by atoms with Crippen LogP contribution in [0.2, 0.25) is 0 Å². The summed E-state index contributed by atoms with van der Waals surface area (Å²) in [7, 11) is -3.84. The number of halogens is 2. The molecule has 0 unspecified atom stereocenters. The van der Waals surface area contributed by atoms with E-state index in [2.05, 4.69) is 4.72 Å². The van der Waals surface area contributed by atoms with Gasteiger partial charge in [0.15, 0.2) is 0 Å². The number of hydrogen-bond acceptors (Lipinski definition) is 3. The smallest absolute Gasteiger partial charge is 0.241 e. The summed E-state index contributed by atoms with van der Waals surface area (Å²) >= 11 is 0. The summed E-state index contributed by atoms with van der Waals surface area (Å²) in [5, 5.41) is 0. The van der Waals surface area contributed by atoms with Gasteiger partial charge in [-0.1, -0.05) is 6.07 Å². The van der Waals surface area contributed by atoms with Crippen LogP contribution in [0.3, 0.4) is 0 Å². The van der Waals surface area contributed by atoms with Crippen molar-refractivity contribution in [2.24, 2.45) is 0 Å². The lowest BCUT2D eigenvalue weighted by Gasteiger charge is -2.05. The van der Waals surface area contributed by atoms with Crippen LogP contribution in [-0.2, 0) is 16.6 Å². The largest absolute Gasteiger partial charge is 0.460 e. The monoisotopic (exact) mass is 349 g/mol. The van der Waals surface area contributed by atoms with Crippen LogP contribution < -0.4 is 4.72 Å². The molecule has 0 atom stereocenters. The maximum atomic E-state index is 13.1. The first kappa shape index (κ1) is 16.4. The van der Waals surface area contributed by atoms with Gasteiger partial charge in [-0.05, 0) is 54.6 Å². The van der Waals surface area contributed by atoms with E-state index in [-0.39, 0.29) is 17.3 Å². The molecule has 3 rings (SSSR count). The Morgan fingerprint density at radius 3 is 2.38 bits per heavy atom. The summed E-state index contributed by atoms with van der Waals surface area (Å²) in [4.78, 5) is -0.159. The number of sulfonamides is 1. The van der Waals surface area contributed by atoms with Crippen molar-refractivity contribution in [2.45, 2.75) is 11.4 Å². The van der Waals surface area contributed by atoms with Crippen molar-refractivity contribution in [3.05, 3.63) is 78.1 Å². The zero-order valence-corrected chi connectivity index (χ0v) is 13.2. The Bertz CT molecular complexity index is 950. The van der Waals surface area contributed by atoms with Gasteiger partial charge in [0, 0.05) is 5.56 Å². The summed E-state index contributed by atoms with van der Waals surface area (Å²) in [6, 6.07) is 13.8. The molecule has 4 nitrogen and oxygen atoms in total. The highest BCUT2D eigenvalue weighted by Crippen LogP contribution is 2.22. The van der Waals surface area contributed by atoms with Gasteiger partial charge in [-0.15, -0.1) is 0 Å². The predicted octanol–water partition coefficient (Wildman–Crippen LogP) is 3.70. The second-order valence-corrected chi connectivity index (χ2v) is 6.82. The van der Waals surface area contributed by atoms with E-state index in [0.717, 1.165) is 6.07 Å². The Labute approximate surface area is 137 Å². The third-order valence-corrected chi connectivity index (χ3v) is 4.73. The van der Waals surface area contributed by atoms with Crippen LogP contribution in [0, 0.1) is 11.6 Å². The van der Waals surface area contributed by atoms with Gasteiger partial charge in [0.2, 0.25) is 10.0 Å². The van der Waals surface area contributed by atoms with Crippen LogP contribution >= 0.6 is 0 Å². The van der Waals surface area contributed by atoms with Crippen LogP contribution in [-0.4, -0.2) is 8.42 Å². The molecule has 0 fully saturated rings. The number of rotatable bonds is 5. The van der Waals surface area contributed by atoms with Gasteiger partial charge in [0.25, 0.3) is 0 Å². The molecule has 0 spiro atoms. The number of nitrogens with one attached hydrogen (secondary N) is 1. The molecule has 0 aliphatic carbocycles. The van der Waals surface area contributed by atoms with Crippen molar-refractivity contribution >= 4 is 10.0 Å². The van der Waals surface area contributed by atoms with Gasteiger partial charge in [-0.3, -0.25) is 0 Å². The summed E-state index contributed by atoms with van der Waals surface area (Å²) in [5.74, 6) is -0.105. The molecule has 3 aromatic rings. The van der Waals surface area contributed by atoms with E-state index < -0.39 is 15.8 Å². The molecular weight excluding hydrogens is 336 g/mol. The third kappa shape index (κ3) is 3.69. The molecule has 0 saturated carbocycles. The van der Waals surface area contributed by atoms with Crippen LogP contribution in [0.5, 0.6) is 0 Å². The SMILES string of the molecule is O=S(=O)(NCc1ccc(-c2ccc(F)cc2)o1)c1cccc(F)c1. The lowest BCUT2D eigenvalue weighted by Crippen LogP contribution is -2.23. The van der Waals surface area contributed by atoms with Gasteiger partial charge in [0.05, 0.1) is 11.4 Å². The highest BCUT2D eigenvalue weighted by molar-refractivity contribution is 7.89. The molecule has 7 heteroatoms. The first-order chi connectivity index (χ1) is 11.4. The minimum atomic E-state index is -3.84. The molecule has 0 aliphatic rings. The van der Waals surface area contributed by atoms with E-state index >= 15 is 0 Å². The normalized spacial score (nSPS) is 11.6. The molecule has 1 aromatic heterocycles. The molecule has 0 amide bonds. The van der Waals surface area contributed by atoms with Gasteiger partial charge in [-0.2, -0.15) is 0 Å². The Balaban J connectivity index is 1.72. The maximum absolute atomic E-state index is 13.1. The van der Waals surface area contributed by atoms with Gasteiger partial charge >= 0.3 is 0 Å². The number of benzene rings is 2. The molecule has 2 aromatic carbocycles. The fourth-order valence-electron chi connectivity index (χ4n) is 2.13. The van der Waals surface area contributed by atoms with Crippen LogP contribution in [0.4, 0.5) is 8.78 Å². The first-order valence-corrected chi connectivity index (χ1v) is 8.52. The molecule has 1 N–H and O–H groups in total. The van der Waals surface area contributed by atoms with E-state index in [4.69, 9.17) is 4.42 Å². The fraction of sp³-hybridized carbons (Fsp3) is 0.0588. The van der Waals surface area contributed by atoms with Gasteiger partial charge < -0.3 is 4.42 Å². The second kappa shape index (κ2) is 6.54. The van der Waals surface area contributed by atoms with E-state index in [1.54, 1.807) is 24.3 Å². The van der Waals surface area contributed by atoms with E-state index in [9.17, 15) is 17.2 Å². The minimum Gasteiger partial charge on any atom is -0.460 e. The lowest BCUT2D eigenvalue weighted by molar-refractivity contribution is 0.509. The minimum absolute atomic E-state index is 0.0833. The van der Waals surface area contributed by atoms with Crippen molar-refractivity contribution < 1.29 is 21.6 Å². The molecule has 0 radical (unpaired) electrons. The Morgan fingerprint density at radius 2 is 1.67 bits per heavy atom. The summed E-state index contributed by atoms with van der Waals surface area (Å²) < 4.78 is 58.2. The third-order valence-electron chi connectivity index (χ3n) is 3.33. The van der Waals surface area contributed by atoms with E-state index in [1.165, 1.54) is 30.3 Å². The Morgan fingerprint density at radius 1 is 0.917 bits per heavy atom. The van der Waals surface area contributed by atoms with Crippen molar-refractivity contribution in [1.82, 2.24) is 4.72 Å². The van der Waals surface area contributed by atoms with Crippen molar-refractivity contribution in [2.75, 3.05) is 0 Å².